The lowest BCUT2D eigenvalue weighted by Crippen LogP contribution is -2.29. The number of allylic oxidation sites excluding steroid dienone is 1. The highest BCUT2D eigenvalue weighted by atomic mass is 35.5. The first-order valence-electron chi connectivity index (χ1n) is 7.84. The zero-order valence-corrected chi connectivity index (χ0v) is 16.5. The molecule has 3 heterocycles. The first kappa shape index (κ1) is 21.0. The standard InChI is InChI=1S/C16H13Cl2F3N4O2S/c1-8(27-16(19,20)21)24-28-14-10-3-2-6-25(10)13(12(14)18)15(26)23-9-4-5-22-11(17)7-9/h2-5,7-8,24H,6H2,1H3,(H,22,23,26). The van der Waals surface area contributed by atoms with Crippen LogP contribution in [0.5, 0.6) is 0 Å². The third kappa shape index (κ3) is 4.81. The van der Waals surface area contributed by atoms with E-state index in [0.29, 0.717) is 22.8 Å². The Kier molecular flexibility index (Phi) is 6.25. The van der Waals surface area contributed by atoms with Crippen LogP contribution in [-0.4, -0.2) is 28.0 Å². The van der Waals surface area contributed by atoms with Gasteiger partial charge in [-0.25, -0.2) is 9.71 Å². The van der Waals surface area contributed by atoms with E-state index in [0.717, 1.165) is 11.9 Å². The quantitative estimate of drug-likeness (QED) is 0.368. The minimum absolute atomic E-state index is 0.119. The number of ether oxygens (including phenoxy) is 1. The van der Waals surface area contributed by atoms with Crippen LogP contribution in [0.1, 0.15) is 23.1 Å². The number of hydrogen-bond donors (Lipinski definition) is 2. The van der Waals surface area contributed by atoms with E-state index in [1.54, 1.807) is 16.7 Å². The van der Waals surface area contributed by atoms with E-state index >= 15 is 0 Å². The molecule has 0 aliphatic carbocycles. The molecule has 0 fully saturated rings. The molecule has 0 bridgehead atoms. The van der Waals surface area contributed by atoms with Crippen LogP contribution in [0, 0.1) is 0 Å². The van der Waals surface area contributed by atoms with Gasteiger partial charge in [-0.2, -0.15) is 0 Å². The SMILES string of the molecule is CC(NSc1c(Cl)c(C(=O)Nc2ccnc(Cl)c2)n2c1C=CC2)OC(F)(F)F. The lowest BCUT2D eigenvalue weighted by molar-refractivity contribution is -0.341. The van der Waals surface area contributed by atoms with E-state index in [4.69, 9.17) is 23.2 Å². The van der Waals surface area contributed by atoms with Gasteiger partial charge in [-0.1, -0.05) is 29.3 Å². The number of nitrogens with zero attached hydrogens (tertiary/aromatic N) is 2. The molecule has 1 amide bonds. The molecule has 0 spiro atoms. The van der Waals surface area contributed by atoms with Crippen LogP contribution >= 0.6 is 35.1 Å². The number of pyridine rings is 1. The molecule has 6 nitrogen and oxygen atoms in total. The highest BCUT2D eigenvalue weighted by Crippen LogP contribution is 2.38. The third-order valence-electron chi connectivity index (χ3n) is 3.60. The average molecular weight is 453 g/mol. The van der Waals surface area contributed by atoms with Crippen molar-refractivity contribution < 1.29 is 22.7 Å². The number of carbonyl (C=O) groups excluding carboxylic acids is 1. The van der Waals surface area contributed by atoms with Gasteiger partial charge >= 0.3 is 6.36 Å². The number of anilines is 1. The van der Waals surface area contributed by atoms with Gasteiger partial charge in [0.1, 0.15) is 17.1 Å². The van der Waals surface area contributed by atoms with Gasteiger partial charge in [-0.15, -0.1) is 13.2 Å². The summed E-state index contributed by atoms with van der Waals surface area (Å²) in [6, 6.07) is 3.05. The van der Waals surface area contributed by atoms with Crippen LogP contribution in [0.25, 0.3) is 6.08 Å². The fourth-order valence-electron chi connectivity index (χ4n) is 2.56. The van der Waals surface area contributed by atoms with Crippen LogP contribution in [0.2, 0.25) is 10.2 Å². The summed E-state index contributed by atoms with van der Waals surface area (Å²) >= 11 is 13.0. The van der Waals surface area contributed by atoms with Gasteiger partial charge in [0.15, 0.2) is 0 Å². The van der Waals surface area contributed by atoms with Crippen LogP contribution in [-0.2, 0) is 11.3 Å². The monoisotopic (exact) mass is 452 g/mol. The van der Waals surface area contributed by atoms with Crippen molar-refractivity contribution in [3.8, 4) is 0 Å². The summed E-state index contributed by atoms with van der Waals surface area (Å²) in [6.07, 6.45) is -1.10. The number of carbonyl (C=O) groups is 1. The molecule has 0 saturated carbocycles. The van der Waals surface area contributed by atoms with E-state index in [1.807, 2.05) is 6.08 Å². The molecule has 3 rings (SSSR count). The largest absolute Gasteiger partial charge is 0.524 e. The van der Waals surface area contributed by atoms with Gasteiger partial charge in [0.2, 0.25) is 0 Å². The molecule has 1 aliphatic rings. The summed E-state index contributed by atoms with van der Waals surface area (Å²) in [6.45, 7) is 1.62. The fourth-order valence-corrected chi connectivity index (χ4v) is 3.94. The highest BCUT2D eigenvalue weighted by molar-refractivity contribution is 7.97. The minimum Gasteiger partial charge on any atom is -0.331 e. The fraction of sp³-hybridized carbons (Fsp3) is 0.250. The van der Waals surface area contributed by atoms with Gasteiger partial charge in [0.05, 0.1) is 15.6 Å². The van der Waals surface area contributed by atoms with Crippen molar-refractivity contribution in [2.45, 2.75) is 31.0 Å². The van der Waals surface area contributed by atoms with Crippen molar-refractivity contribution in [2.75, 3.05) is 5.32 Å². The van der Waals surface area contributed by atoms with Crippen LogP contribution in [0.15, 0.2) is 29.3 Å². The maximum atomic E-state index is 12.7. The molecular weight excluding hydrogens is 440 g/mol. The van der Waals surface area contributed by atoms with Crippen molar-refractivity contribution in [3.05, 3.63) is 46.0 Å². The summed E-state index contributed by atoms with van der Waals surface area (Å²) in [5, 5.41) is 3.01. The predicted octanol–water partition coefficient (Wildman–Crippen LogP) is 4.95. The number of amides is 1. The number of rotatable bonds is 6. The maximum Gasteiger partial charge on any atom is 0.524 e. The van der Waals surface area contributed by atoms with Gasteiger partial charge in [0.25, 0.3) is 5.91 Å². The van der Waals surface area contributed by atoms with Crippen LogP contribution in [0.3, 0.4) is 0 Å². The lowest BCUT2D eigenvalue weighted by atomic mass is 10.3. The number of hydrogen-bond acceptors (Lipinski definition) is 5. The summed E-state index contributed by atoms with van der Waals surface area (Å²) in [5.41, 5.74) is 1.23. The molecule has 28 heavy (non-hydrogen) atoms. The van der Waals surface area contributed by atoms with Crippen LogP contribution in [0.4, 0.5) is 18.9 Å². The topological polar surface area (TPSA) is 68.2 Å². The first-order chi connectivity index (χ1) is 13.2. The van der Waals surface area contributed by atoms with Crippen molar-refractivity contribution in [1.82, 2.24) is 14.3 Å². The molecule has 1 atom stereocenters. The van der Waals surface area contributed by atoms with E-state index in [2.05, 4.69) is 19.8 Å². The smallest absolute Gasteiger partial charge is 0.331 e. The summed E-state index contributed by atoms with van der Waals surface area (Å²) in [4.78, 5) is 17.0. The first-order valence-corrected chi connectivity index (χ1v) is 9.41. The molecule has 150 valence electrons. The summed E-state index contributed by atoms with van der Waals surface area (Å²) in [7, 11) is 0. The van der Waals surface area contributed by atoms with Crippen LogP contribution < -0.4 is 10.0 Å². The number of nitrogens with one attached hydrogen (secondary N) is 2. The Bertz CT molecular complexity index is 933. The number of fused-ring (bicyclic) bond motifs is 1. The van der Waals surface area contributed by atoms with Crippen molar-refractivity contribution in [1.29, 1.82) is 0 Å². The molecule has 2 aromatic rings. The molecule has 0 aromatic carbocycles. The van der Waals surface area contributed by atoms with Gasteiger partial charge in [0, 0.05) is 18.4 Å². The molecule has 0 saturated heterocycles. The Morgan fingerprint density at radius 2 is 2.18 bits per heavy atom. The Morgan fingerprint density at radius 3 is 2.86 bits per heavy atom. The third-order valence-corrected chi connectivity index (χ3v) is 5.36. The molecule has 2 N–H and O–H groups in total. The number of halogens is 5. The molecular formula is C16H13Cl2F3N4O2S. The minimum atomic E-state index is -4.77. The predicted molar refractivity (Wildman–Crippen MR) is 101 cm³/mol. The van der Waals surface area contributed by atoms with E-state index in [-0.39, 0.29) is 15.9 Å². The highest BCUT2D eigenvalue weighted by Gasteiger charge is 2.33. The molecule has 1 aliphatic heterocycles. The normalized spacial score (nSPS) is 14.2. The van der Waals surface area contributed by atoms with Crippen molar-refractivity contribution in [2.24, 2.45) is 0 Å². The molecule has 2 aromatic heterocycles. The summed E-state index contributed by atoms with van der Waals surface area (Å²) < 4.78 is 44.9. The Morgan fingerprint density at radius 1 is 1.43 bits per heavy atom. The van der Waals surface area contributed by atoms with E-state index in [9.17, 15) is 18.0 Å². The Balaban J connectivity index is 1.80. The second kappa shape index (κ2) is 8.34. The van der Waals surface area contributed by atoms with Gasteiger partial charge in [-0.05, 0) is 37.1 Å². The van der Waals surface area contributed by atoms with E-state index in [1.165, 1.54) is 19.2 Å². The summed E-state index contributed by atoms with van der Waals surface area (Å²) in [5.74, 6) is -0.483. The molecule has 1 unspecified atom stereocenters. The second-order valence-corrected chi connectivity index (χ2v) is 7.25. The van der Waals surface area contributed by atoms with E-state index < -0.39 is 18.5 Å². The van der Waals surface area contributed by atoms with Crippen molar-refractivity contribution in [3.63, 3.8) is 0 Å². The Hall–Kier alpha value is -1.72. The number of aromatic nitrogens is 2. The zero-order valence-electron chi connectivity index (χ0n) is 14.2. The van der Waals surface area contributed by atoms with Crippen molar-refractivity contribution >= 4 is 52.8 Å². The molecule has 0 radical (unpaired) electrons. The molecule has 12 heteroatoms. The zero-order chi connectivity index (χ0) is 20.5. The second-order valence-electron chi connectivity index (χ2n) is 5.64. The maximum absolute atomic E-state index is 12.7. The lowest BCUT2D eigenvalue weighted by Gasteiger charge is -2.15. The van der Waals surface area contributed by atoms with Gasteiger partial charge < -0.3 is 9.88 Å². The Labute approximate surface area is 172 Å². The number of alkyl halides is 3. The average Bonchev–Trinajstić information content (AvgIpc) is 3.11. The van der Waals surface area contributed by atoms with Gasteiger partial charge in [-0.3, -0.25) is 9.53 Å².